The van der Waals surface area contributed by atoms with Gasteiger partial charge in [-0.25, -0.2) is 5.90 Å². The summed E-state index contributed by atoms with van der Waals surface area (Å²) in [4.78, 5) is 4.43. The largest absolute Gasteiger partial charge is 0.508 e. The summed E-state index contributed by atoms with van der Waals surface area (Å²) in [7, 11) is 0. The fraction of sp³-hybridized carbons (Fsp3) is 0.250. The Morgan fingerprint density at radius 3 is 2.83 bits per heavy atom. The molecule has 12 heavy (non-hydrogen) atoms. The van der Waals surface area contributed by atoms with Gasteiger partial charge in [-0.15, -0.1) is 0 Å². The van der Waals surface area contributed by atoms with Gasteiger partial charge in [-0.1, -0.05) is 11.6 Å². The molecule has 0 fully saturated rings. The lowest BCUT2D eigenvalue weighted by atomic mass is 10.1. The quantitative estimate of drug-likeness (QED) is 0.694. The van der Waals surface area contributed by atoms with Crippen LogP contribution in [0.1, 0.15) is 11.1 Å². The molecule has 3 nitrogen and oxygen atoms in total. The van der Waals surface area contributed by atoms with Crippen molar-refractivity contribution in [3.05, 3.63) is 28.3 Å². The van der Waals surface area contributed by atoms with Gasteiger partial charge in [0.25, 0.3) is 0 Å². The minimum Gasteiger partial charge on any atom is -0.508 e. The van der Waals surface area contributed by atoms with E-state index in [1.54, 1.807) is 13.0 Å². The highest BCUT2D eigenvalue weighted by Crippen LogP contribution is 2.27. The van der Waals surface area contributed by atoms with Gasteiger partial charge in [-0.05, 0) is 24.6 Å². The van der Waals surface area contributed by atoms with Gasteiger partial charge in [0.15, 0.2) is 0 Å². The van der Waals surface area contributed by atoms with Crippen molar-refractivity contribution in [1.82, 2.24) is 0 Å². The standard InChI is InChI=1S/C8H10ClNO2/c1-5-6(4-12-10)8(11)3-2-7(5)9/h2-3,11H,4,10H2,1H3. The number of hydrogen-bond donors (Lipinski definition) is 2. The molecule has 0 aliphatic heterocycles. The molecule has 0 atom stereocenters. The molecule has 0 aliphatic carbocycles. The average molecular weight is 188 g/mol. The first kappa shape index (κ1) is 9.32. The van der Waals surface area contributed by atoms with E-state index < -0.39 is 0 Å². The number of benzene rings is 1. The van der Waals surface area contributed by atoms with Crippen LogP contribution in [0.15, 0.2) is 12.1 Å². The fourth-order valence-electron chi connectivity index (χ4n) is 0.979. The predicted molar refractivity (Wildman–Crippen MR) is 46.8 cm³/mol. The topological polar surface area (TPSA) is 55.5 Å². The van der Waals surface area contributed by atoms with Crippen molar-refractivity contribution in [2.24, 2.45) is 5.90 Å². The van der Waals surface area contributed by atoms with Crippen LogP contribution in [0.2, 0.25) is 5.02 Å². The Balaban J connectivity index is 3.14. The lowest BCUT2D eigenvalue weighted by Gasteiger charge is -2.07. The maximum absolute atomic E-state index is 9.35. The van der Waals surface area contributed by atoms with Crippen LogP contribution in [0.5, 0.6) is 5.75 Å². The first-order chi connectivity index (χ1) is 5.66. The summed E-state index contributed by atoms with van der Waals surface area (Å²) in [6.07, 6.45) is 0. The molecular weight excluding hydrogens is 178 g/mol. The second-order valence-corrected chi connectivity index (χ2v) is 2.89. The van der Waals surface area contributed by atoms with Crippen LogP contribution in [0.25, 0.3) is 0 Å². The van der Waals surface area contributed by atoms with Crippen LogP contribution >= 0.6 is 11.6 Å². The zero-order valence-corrected chi connectivity index (χ0v) is 7.43. The Kier molecular flexibility index (Phi) is 2.92. The Labute approximate surface area is 75.7 Å². The third-order valence-electron chi connectivity index (χ3n) is 1.74. The van der Waals surface area contributed by atoms with Crippen molar-refractivity contribution in [3.63, 3.8) is 0 Å². The molecule has 1 aromatic rings. The third kappa shape index (κ3) is 1.69. The van der Waals surface area contributed by atoms with Gasteiger partial charge in [0.05, 0.1) is 6.61 Å². The Bertz CT molecular complexity index is 289. The molecule has 0 saturated carbocycles. The number of halogens is 1. The van der Waals surface area contributed by atoms with Crippen LogP contribution in [-0.2, 0) is 11.4 Å². The average Bonchev–Trinajstić information content (AvgIpc) is 2.06. The summed E-state index contributed by atoms with van der Waals surface area (Å²) in [5.41, 5.74) is 1.42. The summed E-state index contributed by atoms with van der Waals surface area (Å²) in [6, 6.07) is 3.15. The van der Waals surface area contributed by atoms with Gasteiger partial charge in [-0.2, -0.15) is 0 Å². The molecule has 0 saturated heterocycles. The second-order valence-electron chi connectivity index (χ2n) is 2.48. The monoisotopic (exact) mass is 187 g/mol. The molecule has 0 heterocycles. The van der Waals surface area contributed by atoms with Crippen molar-refractivity contribution >= 4 is 11.6 Å². The van der Waals surface area contributed by atoms with Crippen molar-refractivity contribution in [2.75, 3.05) is 0 Å². The number of rotatable bonds is 2. The van der Waals surface area contributed by atoms with E-state index in [0.717, 1.165) is 5.56 Å². The van der Waals surface area contributed by atoms with E-state index in [2.05, 4.69) is 4.84 Å². The van der Waals surface area contributed by atoms with E-state index in [9.17, 15) is 5.11 Å². The lowest BCUT2D eigenvalue weighted by Crippen LogP contribution is -2.01. The summed E-state index contributed by atoms with van der Waals surface area (Å²) >= 11 is 5.81. The zero-order valence-electron chi connectivity index (χ0n) is 6.67. The zero-order chi connectivity index (χ0) is 9.14. The molecule has 3 N–H and O–H groups in total. The highest BCUT2D eigenvalue weighted by atomic mass is 35.5. The highest BCUT2D eigenvalue weighted by molar-refractivity contribution is 6.31. The maximum Gasteiger partial charge on any atom is 0.121 e. The number of hydrogen-bond acceptors (Lipinski definition) is 3. The molecule has 0 bridgehead atoms. The number of nitrogens with two attached hydrogens (primary N) is 1. The van der Waals surface area contributed by atoms with E-state index in [1.807, 2.05) is 0 Å². The summed E-state index contributed by atoms with van der Waals surface area (Å²) < 4.78 is 0. The predicted octanol–water partition coefficient (Wildman–Crippen LogP) is 1.74. The van der Waals surface area contributed by atoms with E-state index in [0.29, 0.717) is 10.6 Å². The molecule has 0 aromatic heterocycles. The van der Waals surface area contributed by atoms with Crippen LogP contribution in [0, 0.1) is 6.92 Å². The Morgan fingerprint density at radius 2 is 2.25 bits per heavy atom. The van der Waals surface area contributed by atoms with Crippen LogP contribution in [0.3, 0.4) is 0 Å². The van der Waals surface area contributed by atoms with Crippen molar-refractivity contribution in [3.8, 4) is 5.75 Å². The SMILES string of the molecule is Cc1c(Cl)ccc(O)c1CON. The molecule has 0 amide bonds. The highest BCUT2D eigenvalue weighted by Gasteiger charge is 2.07. The number of phenolic OH excluding ortho intramolecular Hbond substituents is 1. The summed E-state index contributed by atoms with van der Waals surface area (Å²) in [5, 5.41) is 9.95. The minimum atomic E-state index is 0.155. The molecule has 1 aromatic carbocycles. The molecular formula is C8H10ClNO2. The van der Waals surface area contributed by atoms with Gasteiger partial charge in [0.1, 0.15) is 5.75 Å². The van der Waals surface area contributed by atoms with Crippen LogP contribution < -0.4 is 5.90 Å². The smallest absolute Gasteiger partial charge is 0.121 e. The van der Waals surface area contributed by atoms with E-state index in [1.165, 1.54) is 6.07 Å². The number of phenols is 1. The molecule has 0 unspecified atom stereocenters. The molecule has 66 valence electrons. The van der Waals surface area contributed by atoms with Gasteiger partial charge in [0.2, 0.25) is 0 Å². The van der Waals surface area contributed by atoms with Gasteiger partial charge in [-0.3, -0.25) is 4.84 Å². The fourth-order valence-corrected chi connectivity index (χ4v) is 1.16. The van der Waals surface area contributed by atoms with Crippen molar-refractivity contribution in [2.45, 2.75) is 13.5 Å². The molecule has 1 rings (SSSR count). The van der Waals surface area contributed by atoms with Gasteiger partial charge < -0.3 is 5.11 Å². The normalized spacial score (nSPS) is 10.2. The van der Waals surface area contributed by atoms with Crippen LogP contribution in [-0.4, -0.2) is 5.11 Å². The Morgan fingerprint density at radius 1 is 1.58 bits per heavy atom. The van der Waals surface area contributed by atoms with E-state index >= 15 is 0 Å². The molecule has 0 spiro atoms. The lowest BCUT2D eigenvalue weighted by molar-refractivity contribution is 0.122. The van der Waals surface area contributed by atoms with Crippen LogP contribution in [0.4, 0.5) is 0 Å². The summed E-state index contributed by atoms with van der Waals surface area (Å²) in [5.74, 6) is 5.05. The van der Waals surface area contributed by atoms with E-state index in [4.69, 9.17) is 17.5 Å². The first-order valence-corrected chi connectivity index (χ1v) is 3.83. The number of aromatic hydroxyl groups is 1. The molecule has 0 aliphatic rings. The van der Waals surface area contributed by atoms with Crippen molar-refractivity contribution < 1.29 is 9.94 Å². The van der Waals surface area contributed by atoms with Gasteiger partial charge >= 0.3 is 0 Å². The Hall–Kier alpha value is -0.770. The minimum absolute atomic E-state index is 0.155. The second kappa shape index (κ2) is 3.76. The van der Waals surface area contributed by atoms with Crippen molar-refractivity contribution in [1.29, 1.82) is 0 Å². The van der Waals surface area contributed by atoms with E-state index in [-0.39, 0.29) is 12.4 Å². The molecule has 4 heteroatoms. The maximum atomic E-state index is 9.35. The molecule has 0 radical (unpaired) electrons. The first-order valence-electron chi connectivity index (χ1n) is 3.45. The van der Waals surface area contributed by atoms with Gasteiger partial charge in [0, 0.05) is 10.6 Å². The third-order valence-corrected chi connectivity index (χ3v) is 2.14. The summed E-state index contributed by atoms with van der Waals surface area (Å²) in [6.45, 7) is 1.97.